The molecule has 25 heavy (non-hydrogen) atoms. The van der Waals surface area contributed by atoms with E-state index >= 15 is 0 Å². The summed E-state index contributed by atoms with van der Waals surface area (Å²) in [6, 6.07) is 5.10. The average Bonchev–Trinajstić information content (AvgIpc) is 2.54. The molecular weight excluding hydrogens is 385 g/mol. The van der Waals surface area contributed by atoms with Crippen LogP contribution in [0, 0.1) is 0 Å². The topological polar surface area (TPSA) is 85.4 Å². The number of carbonyl (C=O) groups excluding carboxylic acids is 1. The smallest absolute Gasteiger partial charge is 0.495 e. The minimum Gasteiger partial charge on any atom is -0.495 e. The van der Waals surface area contributed by atoms with Crippen LogP contribution in [-0.4, -0.2) is 31.9 Å². The fraction of sp³-hybridized carbons (Fsp3) is 0.143. The molecule has 0 bridgehead atoms. The Hall–Kier alpha value is -2.33. The van der Waals surface area contributed by atoms with Gasteiger partial charge in [0.2, 0.25) is 0 Å². The Kier molecular flexibility index (Phi) is 5.23. The highest BCUT2D eigenvalue weighted by Crippen LogP contribution is 2.34. The molecule has 0 saturated heterocycles. The van der Waals surface area contributed by atoms with Crippen LogP contribution < -0.4 is 10.1 Å². The molecule has 6 nitrogen and oxygen atoms in total. The Labute approximate surface area is 145 Å². The number of anilines is 1. The number of carbonyl (C=O) groups is 1. The monoisotopic (exact) mass is 394 g/mol. The maximum Gasteiger partial charge on any atom is 0.501 e. The van der Waals surface area contributed by atoms with Crippen LogP contribution in [0.4, 0.5) is 18.9 Å². The van der Waals surface area contributed by atoms with Crippen molar-refractivity contribution in [2.45, 2.75) is 10.4 Å². The van der Waals surface area contributed by atoms with Crippen molar-refractivity contribution in [2.24, 2.45) is 0 Å². The molecule has 11 heteroatoms. The highest BCUT2D eigenvalue weighted by atomic mass is 35.5. The van der Waals surface area contributed by atoms with Crippen molar-refractivity contribution >= 4 is 33.0 Å². The van der Waals surface area contributed by atoms with E-state index in [4.69, 9.17) is 16.3 Å². The number of halogens is 4. The quantitative estimate of drug-likeness (QED) is 0.804. The molecule has 0 radical (unpaired) electrons. The lowest BCUT2D eigenvalue weighted by Crippen LogP contribution is -2.23. The maximum atomic E-state index is 12.7. The molecular formula is C14H10ClF3N2O4S. The largest absolute Gasteiger partial charge is 0.501 e. The molecule has 2 rings (SSSR count). The van der Waals surface area contributed by atoms with E-state index < -0.39 is 26.1 Å². The summed E-state index contributed by atoms with van der Waals surface area (Å²) in [5.74, 6) is -0.750. The average molecular weight is 395 g/mol. The van der Waals surface area contributed by atoms with Crippen LogP contribution in [0.25, 0.3) is 0 Å². The first-order valence-electron chi connectivity index (χ1n) is 6.48. The predicted molar refractivity (Wildman–Crippen MR) is 83.4 cm³/mol. The van der Waals surface area contributed by atoms with Crippen molar-refractivity contribution in [3.05, 3.63) is 47.2 Å². The minimum atomic E-state index is -5.57. The van der Waals surface area contributed by atoms with Crippen molar-refractivity contribution in [1.82, 2.24) is 4.98 Å². The van der Waals surface area contributed by atoms with Gasteiger partial charge in [0.05, 0.1) is 23.3 Å². The number of amides is 1. The number of benzene rings is 1. The summed E-state index contributed by atoms with van der Waals surface area (Å²) in [6.07, 6.45) is 1.15. The molecule has 1 N–H and O–H groups in total. The van der Waals surface area contributed by atoms with Crippen molar-refractivity contribution in [2.75, 3.05) is 12.4 Å². The third-order valence-corrected chi connectivity index (χ3v) is 4.73. The molecule has 134 valence electrons. The lowest BCUT2D eigenvalue weighted by molar-refractivity contribution is -0.0436. The van der Waals surface area contributed by atoms with E-state index in [1.165, 1.54) is 19.2 Å². The first kappa shape index (κ1) is 19.0. The van der Waals surface area contributed by atoms with E-state index in [1.54, 1.807) is 0 Å². The number of ether oxygens (including phenoxy) is 1. The number of alkyl halides is 3. The van der Waals surface area contributed by atoms with Crippen LogP contribution in [0.5, 0.6) is 5.75 Å². The lowest BCUT2D eigenvalue weighted by atomic mass is 10.2. The Morgan fingerprint density at radius 3 is 2.44 bits per heavy atom. The number of rotatable bonds is 4. The van der Waals surface area contributed by atoms with Crippen molar-refractivity contribution in [3.63, 3.8) is 0 Å². The summed E-state index contributed by atoms with van der Waals surface area (Å²) in [4.78, 5) is 14.8. The third-order valence-electron chi connectivity index (χ3n) is 3.02. The van der Waals surface area contributed by atoms with Gasteiger partial charge in [-0.15, -0.1) is 0 Å². The first-order chi connectivity index (χ1) is 11.6. The van der Waals surface area contributed by atoms with Gasteiger partial charge in [0.1, 0.15) is 10.9 Å². The number of methoxy groups -OCH3 is 1. The maximum absolute atomic E-state index is 12.7. The summed E-state index contributed by atoms with van der Waals surface area (Å²) in [5.41, 5.74) is -5.65. The first-order valence-corrected chi connectivity index (χ1v) is 8.34. The Morgan fingerprint density at radius 2 is 1.92 bits per heavy atom. The Bertz CT molecular complexity index is 899. The molecule has 2 aromatic rings. The van der Waals surface area contributed by atoms with Gasteiger partial charge < -0.3 is 10.1 Å². The van der Waals surface area contributed by atoms with E-state index in [2.05, 4.69) is 10.3 Å². The van der Waals surface area contributed by atoms with Gasteiger partial charge in [0.15, 0.2) is 0 Å². The Balaban J connectivity index is 2.41. The molecule has 1 aromatic carbocycles. The highest BCUT2D eigenvalue weighted by molar-refractivity contribution is 7.92. The molecule has 0 atom stereocenters. The normalized spacial score (nSPS) is 11.9. The standard InChI is InChI=1S/C14H10ClF3N2O4S/c1-24-11-4-3-9(25(22,23)14(16,17)18)6-10(11)20-13(21)8-2-5-12(15)19-7-8/h2-7H,1H3,(H,20,21). The Morgan fingerprint density at radius 1 is 1.24 bits per heavy atom. The molecule has 0 saturated carbocycles. The number of hydrogen-bond donors (Lipinski definition) is 1. The zero-order valence-corrected chi connectivity index (χ0v) is 14.0. The minimum absolute atomic E-state index is 0.0172. The summed E-state index contributed by atoms with van der Waals surface area (Å²) >= 11 is 5.60. The lowest BCUT2D eigenvalue weighted by Gasteiger charge is -2.13. The van der Waals surface area contributed by atoms with Gasteiger partial charge in [-0.1, -0.05) is 11.6 Å². The van der Waals surface area contributed by atoms with Crippen LogP contribution in [0.2, 0.25) is 5.15 Å². The van der Waals surface area contributed by atoms with Gasteiger partial charge in [-0.05, 0) is 30.3 Å². The van der Waals surface area contributed by atoms with E-state index in [1.807, 2.05) is 0 Å². The second-order valence-electron chi connectivity index (χ2n) is 4.63. The number of pyridine rings is 1. The highest BCUT2D eigenvalue weighted by Gasteiger charge is 2.47. The van der Waals surface area contributed by atoms with Gasteiger partial charge >= 0.3 is 5.51 Å². The fourth-order valence-corrected chi connectivity index (χ4v) is 2.69. The molecule has 0 spiro atoms. The van der Waals surface area contributed by atoms with Gasteiger partial charge in [0, 0.05) is 6.20 Å². The van der Waals surface area contributed by atoms with Gasteiger partial charge in [-0.3, -0.25) is 4.79 Å². The zero-order valence-electron chi connectivity index (χ0n) is 12.5. The zero-order chi connectivity index (χ0) is 18.8. The van der Waals surface area contributed by atoms with Gasteiger partial charge in [-0.25, -0.2) is 13.4 Å². The van der Waals surface area contributed by atoms with Crippen molar-refractivity contribution in [1.29, 1.82) is 0 Å². The fourth-order valence-electron chi connectivity index (χ4n) is 1.79. The second-order valence-corrected chi connectivity index (χ2v) is 6.96. The van der Waals surface area contributed by atoms with E-state index in [9.17, 15) is 26.4 Å². The van der Waals surface area contributed by atoms with Crippen LogP contribution >= 0.6 is 11.6 Å². The van der Waals surface area contributed by atoms with Crippen LogP contribution in [0.15, 0.2) is 41.4 Å². The third kappa shape index (κ3) is 4.02. The van der Waals surface area contributed by atoms with Crippen LogP contribution in [0.3, 0.4) is 0 Å². The summed E-state index contributed by atoms with van der Waals surface area (Å²) in [6.45, 7) is 0. The number of nitrogens with one attached hydrogen (secondary N) is 1. The summed E-state index contributed by atoms with van der Waals surface area (Å²) < 4.78 is 65.9. The van der Waals surface area contributed by atoms with Crippen LogP contribution in [-0.2, 0) is 9.84 Å². The molecule has 0 fully saturated rings. The number of sulfone groups is 1. The second kappa shape index (κ2) is 6.89. The molecule has 0 aliphatic heterocycles. The van der Waals surface area contributed by atoms with Gasteiger partial charge in [-0.2, -0.15) is 13.2 Å². The van der Waals surface area contributed by atoms with Crippen molar-refractivity contribution in [3.8, 4) is 5.75 Å². The van der Waals surface area contributed by atoms with E-state index in [0.29, 0.717) is 6.07 Å². The van der Waals surface area contributed by atoms with Gasteiger partial charge in [0.25, 0.3) is 15.7 Å². The number of nitrogens with zero attached hydrogens (tertiary/aromatic N) is 1. The number of hydrogen-bond acceptors (Lipinski definition) is 5. The van der Waals surface area contributed by atoms with Crippen LogP contribution in [0.1, 0.15) is 10.4 Å². The molecule has 0 aliphatic rings. The summed E-state index contributed by atoms with van der Waals surface area (Å²) in [7, 11) is -4.35. The predicted octanol–water partition coefficient (Wildman–Crippen LogP) is 3.29. The molecule has 1 heterocycles. The van der Waals surface area contributed by atoms with Crippen molar-refractivity contribution < 1.29 is 31.1 Å². The van der Waals surface area contributed by atoms with E-state index in [0.717, 1.165) is 18.3 Å². The summed E-state index contributed by atoms with van der Waals surface area (Å²) in [5, 5.41) is 2.43. The SMILES string of the molecule is COc1ccc(S(=O)(=O)C(F)(F)F)cc1NC(=O)c1ccc(Cl)nc1. The van der Waals surface area contributed by atoms with E-state index in [-0.39, 0.29) is 22.2 Å². The molecule has 0 aliphatic carbocycles. The molecule has 1 aromatic heterocycles. The molecule has 0 unspecified atom stereocenters. The number of aromatic nitrogens is 1. The molecule has 1 amide bonds.